The van der Waals surface area contributed by atoms with Crippen molar-refractivity contribution in [3.05, 3.63) is 46.8 Å². The Bertz CT molecular complexity index is 813. The number of nitrogens with one attached hydrogen (secondary N) is 1. The van der Waals surface area contributed by atoms with E-state index in [-0.39, 0.29) is 5.91 Å². The molecule has 7 heteroatoms. The van der Waals surface area contributed by atoms with Gasteiger partial charge in [0.05, 0.1) is 19.1 Å². The number of benzene rings is 1. The van der Waals surface area contributed by atoms with Crippen LogP contribution in [0.3, 0.4) is 0 Å². The summed E-state index contributed by atoms with van der Waals surface area (Å²) in [6, 6.07) is 9.16. The molecule has 23 heavy (non-hydrogen) atoms. The number of carbonyl (C=O) groups excluding carboxylic acids is 1. The number of rotatable bonds is 5. The second-order valence-electron chi connectivity index (χ2n) is 4.54. The van der Waals surface area contributed by atoms with Crippen molar-refractivity contribution in [2.45, 2.75) is 0 Å². The standard InChI is InChI=1S/C16H14N2O3S2/c1-20-12-6-5-10(8-13(12)21-2)17-15(19)11-9-23-16(18-11)14-4-3-7-22-14/h3-9H,1-2H3,(H,17,19). The number of thiophene rings is 1. The summed E-state index contributed by atoms with van der Waals surface area (Å²) in [5.74, 6) is 0.915. The van der Waals surface area contributed by atoms with E-state index in [2.05, 4.69) is 10.3 Å². The molecule has 0 spiro atoms. The molecule has 118 valence electrons. The van der Waals surface area contributed by atoms with Crippen LogP contribution in [0.15, 0.2) is 41.1 Å². The molecular formula is C16H14N2O3S2. The molecule has 3 aromatic rings. The second-order valence-corrected chi connectivity index (χ2v) is 6.34. The highest BCUT2D eigenvalue weighted by atomic mass is 32.1. The number of anilines is 1. The summed E-state index contributed by atoms with van der Waals surface area (Å²) in [6.45, 7) is 0. The van der Waals surface area contributed by atoms with Crippen molar-refractivity contribution in [2.24, 2.45) is 0 Å². The second kappa shape index (κ2) is 6.80. The third kappa shape index (κ3) is 3.35. The molecule has 0 saturated carbocycles. The van der Waals surface area contributed by atoms with E-state index in [1.807, 2.05) is 17.5 Å². The molecule has 0 saturated heterocycles. The van der Waals surface area contributed by atoms with Gasteiger partial charge in [-0.25, -0.2) is 4.98 Å². The quantitative estimate of drug-likeness (QED) is 0.754. The van der Waals surface area contributed by atoms with Crippen molar-refractivity contribution in [2.75, 3.05) is 19.5 Å². The Morgan fingerprint density at radius 2 is 1.96 bits per heavy atom. The zero-order valence-corrected chi connectivity index (χ0v) is 14.2. The van der Waals surface area contributed by atoms with E-state index in [0.29, 0.717) is 22.9 Å². The van der Waals surface area contributed by atoms with E-state index in [1.54, 1.807) is 49.1 Å². The van der Waals surface area contributed by atoms with Crippen LogP contribution < -0.4 is 14.8 Å². The van der Waals surface area contributed by atoms with Gasteiger partial charge in [0.1, 0.15) is 10.7 Å². The first-order chi connectivity index (χ1) is 11.2. The first-order valence-corrected chi connectivity index (χ1v) is 8.50. The number of ether oxygens (including phenoxy) is 2. The van der Waals surface area contributed by atoms with Gasteiger partial charge in [-0.3, -0.25) is 4.79 Å². The highest BCUT2D eigenvalue weighted by Crippen LogP contribution is 2.31. The lowest BCUT2D eigenvalue weighted by molar-refractivity contribution is 0.102. The molecule has 0 aliphatic carbocycles. The lowest BCUT2D eigenvalue weighted by Crippen LogP contribution is -2.12. The minimum Gasteiger partial charge on any atom is -0.493 e. The monoisotopic (exact) mass is 346 g/mol. The number of nitrogens with zero attached hydrogens (tertiary/aromatic N) is 1. The molecule has 3 rings (SSSR count). The number of aromatic nitrogens is 1. The number of hydrogen-bond acceptors (Lipinski definition) is 6. The Hall–Kier alpha value is -2.38. The van der Waals surface area contributed by atoms with Crippen molar-refractivity contribution in [3.8, 4) is 21.4 Å². The Labute approximate surface area is 141 Å². The maximum Gasteiger partial charge on any atom is 0.275 e. The summed E-state index contributed by atoms with van der Waals surface area (Å²) in [5.41, 5.74) is 1.02. The van der Waals surface area contributed by atoms with E-state index in [1.165, 1.54) is 11.3 Å². The van der Waals surface area contributed by atoms with Crippen LogP contribution in [0.1, 0.15) is 10.5 Å². The molecule has 5 nitrogen and oxygen atoms in total. The van der Waals surface area contributed by atoms with Gasteiger partial charge in [-0.1, -0.05) is 6.07 Å². The molecule has 0 fully saturated rings. The fourth-order valence-electron chi connectivity index (χ4n) is 2.00. The van der Waals surface area contributed by atoms with Gasteiger partial charge >= 0.3 is 0 Å². The number of carbonyl (C=O) groups is 1. The van der Waals surface area contributed by atoms with Crippen LogP contribution in [0.5, 0.6) is 11.5 Å². The van der Waals surface area contributed by atoms with Crippen LogP contribution in [0.4, 0.5) is 5.69 Å². The fourth-order valence-corrected chi connectivity index (χ4v) is 3.61. The lowest BCUT2D eigenvalue weighted by Gasteiger charge is -2.09. The number of amides is 1. The minimum atomic E-state index is -0.253. The summed E-state index contributed by atoms with van der Waals surface area (Å²) in [7, 11) is 3.12. The van der Waals surface area contributed by atoms with Gasteiger partial charge in [0, 0.05) is 17.1 Å². The molecule has 2 aromatic heterocycles. The molecule has 0 bridgehead atoms. The van der Waals surface area contributed by atoms with Crippen LogP contribution in [0, 0.1) is 0 Å². The van der Waals surface area contributed by atoms with Gasteiger partial charge in [0.25, 0.3) is 5.91 Å². The Balaban J connectivity index is 1.77. The zero-order valence-electron chi connectivity index (χ0n) is 12.5. The molecular weight excluding hydrogens is 332 g/mol. The maximum absolute atomic E-state index is 12.3. The van der Waals surface area contributed by atoms with Crippen LogP contribution in [0.25, 0.3) is 9.88 Å². The van der Waals surface area contributed by atoms with Gasteiger partial charge in [0.2, 0.25) is 0 Å². The summed E-state index contributed by atoms with van der Waals surface area (Å²) in [5, 5.41) is 7.40. The first-order valence-electron chi connectivity index (χ1n) is 6.74. The van der Waals surface area contributed by atoms with Crippen molar-refractivity contribution in [3.63, 3.8) is 0 Å². The highest BCUT2D eigenvalue weighted by molar-refractivity contribution is 7.20. The summed E-state index contributed by atoms with van der Waals surface area (Å²) >= 11 is 3.05. The van der Waals surface area contributed by atoms with E-state index in [9.17, 15) is 4.79 Å². The normalized spacial score (nSPS) is 10.3. The largest absolute Gasteiger partial charge is 0.493 e. The molecule has 0 unspecified atom stereocenters. The van der Waals surface area contributed by atoms with Crippen molar-refractivity contribution in [1.29, 1.82) is 0 Å². The first kappa shape index (κ1) is 15.5. The van der Waals surface area contributed by atoms with E-state index in [4.69, 9.17) is 9.47 Å². The molecule has 0 aliphatic rings. The Kier molecular flexibility index (Phi) is 4.59. The van der Waals surface area contributed by atoms with E-state index in [0.717, 1.165) is 9.88 Å². The fraction of sp³-hybridized carbons (Fsp3) is 0.125. The number of methoxy groups -OCH3 is 2. The average Bonchev–Trinajstić information content (AvgIpc) is 3.25. The average molecular weight is 346 g/mol. The van der Waals surface area contributed by atoms with E-state index < -0.39 is 0 Å². The van der Waals surface area contributed by atoms with Crippen LogP contribution in [0.2, 0.25) is 0 Å². The van der Waals surface area contributed by atoms with Crippen molar-refractivity contribution in [1.82, 2.24) is 4.98 Å². The number of thiazole rings is 1. The topological polar surface area (TPSA) is 60.5 Å². The summed E-state index contributed by atoms with van der Waals surface area (Å²) in [4.78, 5) is 17.8. The minimum absolute atomic E-state index is 0.253. The Morgan fingerprint density at radius 1 is 1.13 bits per heavy atom. The van der Waals surface area contributed by atoms with Gasteiger partial charge < -0.3 is 14.8 Å². The predicted octanol–water partition coefficient (Wildman–Crippen LogP) is 4.14. The zero-order chi connectivity index (χ0) is 16.2. The molecule has 2 heterocycles. The molecule has 0 atom stereocenters. The predicted molar refractivity (Wildman–Crippen MR) is 92.9 cm³/mol. The lowest BCUT2D eigenvalue weighted by atomic mass is 10.2. The molecule has 1 aromatic carbocycles. The summed E-state index contributed by atoms with van der Waals surface area (Å²) in [6.07, 6.45) is 0. The third-order valence-corrected chi connectivity index (χ3v) is 4.99. The smallest absolute Gasteiger partial charge is 0.275 e. The van der Waals surface area contributed by atoms with Crippen LogP contribution in [-0.4, -0.2) is 25.1 Å². The van der Waals surface area contributed by atoms with Crippen LogP contribution in [-0.2, 0) is 0 Å². The molecule has 0 radical (unpaired) electrons. The molecule has 0 aliphatic heterocycles. The Morgan fingerprint density at radius 3 is 2.65 bits per heavy atom. The molecule has 1 amide bonds. The molecule has 1 N–H and O–H groups in total. The van der Waals surface area contributed by atoms with Crippen LogP contribution >= 0.6 is 22.7 Å². The maximum atomic E-state index is 12.3. The van der Waals surface area contributed by atoms with E-state index >= 15 is 0 Å². The highest BCUT2D eigenvalue weighted by Gasteiger charge is 2.13. The van der Waals surface area contributed by atoms with Gasteiger partial charge in [-0.2, -0.15) is 0 Å². The van der Waals surface area contributed by atoms with Crippen molar-refractivity contribution >= 4 is 34.3 Å². The van der Waals surface area contributed by atoms with Crippen molar-refractivity contribution < 1.29 is 14.3 Å². The summed E-state index contributed by atoms with van der Waals surface area (Å²) < 4.78 is 10.4. The third-order valence-electron chi connectivity index (χ3n) is 3.11. The van der Waals surface area contributed by atoms with Gasteiger partial charge in [-0.15, -0.1) is 22.7 Å². The van der Waals surface area contributed by atoms with Gasteiger partial charge in [-0.05, 0) is 23.6 Å². The SMILES string of the molecule is COc1ccc(NC(=O)c2csc(-c3cccs3)n2)cc1OC. The van der Waals surface area contributed by atoms with Gasteiger partial charge in [0.15, 0.2) is 11.5 Å². The number of hydrogen-bond donors (Lipinski definition) is 1.